The molecule has 0 unspecified atom stereocenters. The summed E-state index contributed by atoms with van der Waals surface area (Å²) in [7, 11) is 1.53. The van der Waals surface area contributed by atoms with E-state index < -0.39 is 5.91 Å². The molecule has 3 heterocycles. The molecule has 1 aliphatic rings. The lowest BCUT2D eigenvalue weighted by Crippen LogP contribution is -2.28. The van der Waals surface area contributed by atoms with Gasteiger partial charge in [0.25, 0.3) is 11.5 Å². The Morgan fingerprint density at radius 2 is 1.89 bits per heavy atom. The van der Waals surface area contributed by atoms with Crippen molar-refractivity contribution in [2.45, 2.75) is 19.3 Å². The number of hydrogen-bond donors (Lipinski definition) is 1. The van der Waals surface area contributed by atoms with Crippen molar-refractivity contribution in [2.75, 3.05) is 18.0 Å². The first-order valence-corrected chi connectivity index (χ1v) is 10.1. The van der Waals surface area contributed by atoms with Crippen molar-refractivity contribution >= 4 is 39.2 Å². The van der Waals surface area contributed by atoms with Crippen molar-refractivity contribution in [2.24, 2.45) is 12.1 Å². The van der Waals surface area contributed by atoms with Crippen LogP contribution in [0.5, 0.6) is 0 Å². The predicted octanol–water partition coefficient (Wildman–Crippen LogP) is 2.75. The summed E-state index contributed by atoms with van der Waals surface area (Å²) >= 11 is 1.66. The molecule has 1 amide bonds. The molecule has 0 bridgehead atoms. The molecule has 28 heavy (non-hydrogen) atoms. The lowest BCUT2D eigenvalue weighted by atomic mass is 10.1. The molecule has 1 N–H and O–H groups in total. The Hall–Kier alpha value is -3.00. The van der Waals surface area contributed by atoms with Gasteiger partial charge in [0.2, 0.25) is 0 Å². The molecule has 0 atom stereocenters. The summed E-state index contributed by atoms with van der Waals surface area (Å²) in [4.78, 5) is 28.1. The summed E-state index contributed by atoms with van der Waals surface area (Å²) in [5.41, 5.74) is 2.46. The number of hydrogen-bond acceptors (Lipinski definition) is 6. The molecule has 1 fully saturated rings. The minimum Gasteiger partial charge on any atom is -0.363 e. The molecule has 144 valence electrons. The number of anilines is 1. The van der Waals surface area contributed by atoms with Crippen LogP contribution in [-0.2, 0) is 7.05 Å². The van der Waals surface area contributed by atoms with Gasteiger partial charge in [-0.25, -0.2) is 10.1 Å². The number of benzene rings is 1. The highest BCUT2D eigenvalue weighted by Gasteiger charge is 2.15. The van der Waals surface area contributed by atoms with Crippen molar-refractivity contribution in [3.63, 3.8) is 0 Å². The molecule has 8 heteroatoms. The van der Waals surface area contributed by atoms with Gasteiger partial charge >= 0.3 is 0 Å². The Kier molecular flexibility index (Phi) is 5.21. The van der Waals surface area contributed by atoms with E-state index in [1.807, 2.05) is 6.07 Å². The van der Waals surface area contributed by atoms with E-state index in [0.29, 0.717) is 10.8 Å². The zero-order chi connectivity index (χ0) is 19.5. The highest BCUT2D eigenvalue weighted by atomic mass is 32.1. The number of aryl methyl sites for hydroxylation is 1. The third kappa shape index (κ3) is 3.68. The fraction of sp³-hybridized carbons (Fsp3) is 0.300. The van der Waals surface area contributed by atoms with Crippen LogP contribution in [0.4, 0.5) is 5.00 Å². The molecular weight excluding hydrogens is 374 g/mol. The number of hydrazone groups is 1. The summed E-state index contributed by atoms with van der Waals surface area (Å²) in [5, 5.41) is 10.4. The van der Waals surface area contributed by atoms with Crippen LogP contribution in [0.15, 0.2) is 46.3 Å². The lowest BCUT2D eigenvalue weighted by Gasteiger charge is -2.27. The van der Waals surface area contributed by atoms with Crippen LogP contribution in [0.3, 0.4) is 0 Å². The fourth-order valence-electron chi connectivity index (χ4n) is 3.37. The average Bonchev–Trinajstić information content (AvgIpc) is 3.20. The number of carbonyl (C=O) groups is 1. The summed E-state index contributed by atoms with van der Waals surface area (Å²) in [5.74, 6) is -0.448. The van der Waals surface area contributed by atoms with E-state index in [9.17, 15) is 9.59 Å². The van der Waals surface area contributed by atoms with Crippen LogP contribution in [0.1, 0.15) is 34.6 Å². The Morgan fingerprint density at radius 3 is 2.68 bits per heavy atom. The van der Waals surface area contributed by atoms with Crippen LogP contribution in [0.25, 0.3) is 10.8 Å². The van der Waals surface area contributed by atoms with Gasteiger partial charge in [-0.05, 0) is 37.5 Å². The second kappa shape index (κ2) is 7.93. The minimum absolute atomic E-state index is 0.176. The molecular formula is C20H21N5O2S. The van der Waals surface area contributed by atoms with Crippen LogP contribution in [-0.4, -0.2) is 35.0 Å². The molecule has 0 aliphatic carbocycles. The lowest BCUT2D eigenvalue weighted by molar-refractivity contribution is 0.0950. The Bertz CT molecular complexity index is 1100. The van der Waals surface area contributed by atoms with Crippen molar-refractivity contribution < 1.29 is 4.79 Å². The number of piperidine rings is 1. The Labute approximate surface area is 166 Å². The van der Waals surface area contributed by atoms with Gasteiger partial charge in [-0.1, -0.05) is 18.2 Å². The van der Waals surface area contributed by atoms with Gasteiger partial charge in [0.15, 0.2) is 5.69 Å². The summed E-state index contributed by atoms with van der Waals surface area (Å²) < 4.78 is 1.17. The van der Waals surface area contributed by atoms with E-state index in [2.05, 4.69) is 26.6 Å². The molecule has 1 aromatic carbocycles. The van der Waals surface area contributed by atoms with E-state index >= 15 is 0 Å². The first-order valence-electron chi connectivity index (χ1n) is 9.28. The molecule has 4 rings (SSSR count). The summed E-state index contributed by atoms with van der Waals surface area (Å²) in [6.45, 7) is 2.19. The first kappa shape index (κ1) is 18.4. The topological polar surface area (TPSA) is 79.6 Å². The largest absolute Gasteiger partial charge is 0.363 e. The molecule has 0 radical (unpaired) electrons. The highest BCUT2D eigenvalue weighted by Crippen LogP contribution is 2.27. The SMILES string of the molecule is Cn1nc(C(=O)N/N=C/c2ccc(N3CCCCC3)s2)c2ccccc2c1=O. The second-order valence-corrected chi connectivity index (χ2v) is 7.84. The number of thiophene rings is 1. The number of aromatic nitrogens is 2. The molecule has 1 aliphatic heterocycles. The number of nitrogens with one attached hydrogen (secondary N) is 1. The highest BCUT2D eigenvalue weighted by molar-refractivity contribution is 7.17. The zero-order valence-corrected chi connectivity index (χ0v) is 16.4. The number of fused-ring (bicyclic) bond motifs is 1. The van der Waals surface area contributed by atoms with Crippen molar-refractivity contribution in [3.8, 4) is 0 Å². The summed E-state index contributed by atoms with van der Waals surface area (Å²) in [6.07, 6.45) is 5.41. The average molecular weight is 395 g/mol. The second-order valence-electron chi connectivity index (χ2n) is 6.75. The van der Waals surface area contributed by atoms with Gasteiger partial charge in [-0.15, -0.1) is 11.3 Å². The standard InChI is InChI=1S/C20H21N5O2S/c1-24-20(27)16-8-4-3-7-15(16)18(23-24)19(26)22-21-13-14-9-10-17(28-14)25-11-5-2-6-12-25/h3-4,7-10,13H,2,5-6,11-12H2,1H3,(H,22,26)/b21-13+. The number of nitrogens with zero attached hydrogens (tertiary/aromatic N) is 4. The van der Waals surface area contributed by atoms with Crippen molar-refractivity contribution in [1.82, 2.24) is 15.2 Å². The summed E-state index contributed by atoms with van der Waals surface area (Å²) in [6, 6.07) is 11.0. The van der Waals surface area contributed by atoms with Gasteiger partial charge in [-0.3, -0.25) is 9.59 Å². The minimum atomic E-state index is -0.448. The van der Waals surface area contributed by atoms with Crippen LogP contribution in [0.2, 0.25) is 0 Å². The van der Waals surface area contributed by atoms with Crippen LogP contribution >= 0.6 is 11.3 Å². The van der Waals surface area contributed by atoms with Crippen molar-refractivity contribution in [1.29, 1.82) is 0 Å². The number of carbonyl (C=O) groups excluding carboxylic acids is 1. The molecule has 1 saturated heterocycles. The van der Waals surface area contributed by atoms with Crippen LogP contribution < -0.4 is 15.9 Å². The number of amides is 1. The molecule has 0 saturated carbocycles. The maximum Gasteiger partial charge on any atom is 0.292 e. The van der Waals surface area contributed by atoms with Gasteiger partial charge in [0.05, 0.1) is 16.6 Å². The van der Waals surface area contributed by atoms with Gasteiger partial charge in [-0.2, -0.15) is 10.2 Å². The molecule has 2 aromatic heterocycles. The molecule has 3 aromatic rings. The first-order chi connectivity index (χ1) is 13.6. The van der Waals surface area contributed by atoms with E-state index in [4.69, 9.17) is 0 Å². The van der Waals surface area contributed by atoms with E-state index in [1.54, 1.807) is 41.8 Å². The third-order valence-corrected chi connectivity index (χ3v) is 5.89. The van der Waals surface area contributed by atoms with E-state index in [0.717, 1.165) is 18.0 Å². The van der Waals surface area contributed by atoms with E-state index in [-0.39, 0.29) is 11.3 Å². The third-order valence-electron chi connectivity index (χ3n) is 4.81. The number of rotatable bonds is 4. The maximum absolute atomic E-state index is 12.6. The fourth-order valence-corrected chi connectivity index (χ4v) is 4.30. The smallest absolute Gasteiger partial charge is 0.292 e. The maximum atomic E-state index is 12.6. The Morgan fingerprint density at radius 1 is 1.14 bits per heavy atom. The molecule has 0 spiro atoms. The van der Waals surface area contributed by atoms with Gasteiger partial charge < -0.3 is 4.90 Å². The molecule has 7 nitrogen and oxygen atoms in total. The van der Waals surface area contributed by atoms with Crippen LogP contribution in [0, 0.1) is 0 Å². The quantitative estimate of drug-likeness (QED) is 0.544. The normalized spacial score (nSPS) is 14.7. The Balaban J connectivity index is 1.49. The monoisotopic (exact) mass is 395 g/mol. The van der Waals surface area contributed by atoms with Gasteiger partial charge in [0.1, 0.15) is 0 Å². The predicted molar refractivity (Wildman–Crippen MR) is 112 cm³/mol. The van der Waals surface area contributed by atoms with Crippen molar-refractivity contribution in [3.05, 3.63) is 57.3 Å². The van der Waals surface area contributed by atoms with Gasteiger partial charge in [0, 0.05) is 30.4 Å². The zero-order valence-electron chi connectivity index (χ0n) is 15.6. The van der Waals surface area contributed by atoms with E-state index in [1.165, 1.54) is 36.0 Å².